The molecule has 0 unspecified atom stereocenters. The second-order valence-electron chi connectivity index (χ2n) is 3.90. The first-order chi connectivity index (χ1) is 6.83. The van der Waals surface area contributed by atoms with Gasteiger partial charge in [0.15, 0.2) is 0 Å². The van der Waals surface area contributed by atoms with Crippen LogP contribution >= 0.6 is 0 Å². The molecule has 1 rings (SSSR count). The summed E-state index contributed by atoms with van der Waals surface area (Å²) in [6.45, 7) is 3.30. The highest BCUT2D eigenvalue weighted by atomic mass is 14.8. The highest BCUT2D eigenvalue weighted by Crippen LogP contribution is 2.08. The van der Waals surface area contributed by atoms with Gasteiger partial charge >= 0.3 is 0 Å². The Labute approximate surface area is 87.5 Å². The van der Waals surface area contributed by atoms with Crippen molar-refractivity contribution in [3.8, 4) is 0 Å². The van der Waals surface area contributed by atoms with Crippen LogP contribution in [-0.4, -0.2) is 13.6 Å². The molecule has 1 N–H and O–H groups in total. The van der Waals surface area contributed by atoms with E-state index in [9.17, 15) is 0 Å². The lowest BCUT2D eigenvalue weighted by atomic mass is 10.1. The van der Waals surface area contributed by atoms with Crippen molar-refractivity contribution in [3.05, 3.63) is 35.4 Å². The smallest absolute Gasteiger partial charge is 0.00519 e. The van der Waals surface area contributed by atoms with Gasteiger partial charge in [-0.1, -0.05) is 36.2 Å². The van der Waals surface area contributed by atoms with E-state index in [0.29, 0.717) is 0 Å². The molecule has 0 saturated carbocycles. The molecule has 0 heterocycles. The Morgan fingerprint density at radius 2 is 2.00 bits per heavy atom. The molecule has 1 aromatic carbocycles. The maximum absolute atomic E-state index is 3.18. The molecule has 0 radical (unpaired) electrons. The number of rotatable bonds is 6. The summed E-state index contributed by atoms with van der Waals surface area (Å²) in [6, 6.07) is 8.83. The average molecular weight is 191 g/mol. The van der Waals surface area contributed by atoms with E-state index in [1.54, 1.807) is 0 Å². The molecule has 0 saturated heterocycles. The van der Waals surface area contributed by atoms with Gasteiger partial charge in [0.2, 0.25) is 0 Å². The van der Waals surface area contributed by atoms with Gasteiger partial charge in [0.25, 0.3) is 0 Å². The van der Waals surface area contributed by atoms with Crippen molar-refractivity contribution in [1.82, 2.24) is 5.32 Å². The van der Waals surface area contributed by atoms with E-state index in [1.807, 2.05) is 7.05 Å². The SMILES string of the molecule is CNCCCCCc1cccc(C)c1. The number of hydrogen-bond donors (Lipinski definition) is 1. The van der Waals surface area contributed by atoms with Gasteiger partial charge in [0.1, 0.15) is 0 Å². The summed E-state index contributed by atoms with van der Waals surface area (Å²) in [6.07, 6.45) is 5.16. The van der Waals surface area contributed by atoms with Crippen LogP contribution in [0.5, 0.6) is 0 Å². The summed E-state index contributed by atoms with van der Waals surface area (Å²) < 4.78 is 0. The molecule has 1 heteroatoms. The second kappa shape index (κ2) is 6.61. The van der Waals surface area contributed by atoms with Crippen LogP contribution in [0.25, 0.3) is 0 Å². The van der Waals surface area contributed by atoms with Crippen molar-refractivity contribution in [2.24, 2.45) is 0 Å². The number of aryl methyl sites for hydroxylation is 2. The third-order valence-corrected chi connectivity index (χ3v) is 2.47. The standard InChI is InChI=1S/C13H21N/c1-12-7-6-9-13(11-12)8-4-3-5-10-14-2/h6-7,9,11,14H,3-5,8,10H2,1-2H3. The van der Waals surface area contributed by atoms with Crippen LogP contribution in [0.2, 0.25) is 0 Å². The van der Waals surface area contributed by atoms with E-state index in [4.69, 9.17) is 0 Å². The molecule has 0 spiro atoms. The lowest BCUT2D eigenvalue weighted by Gasteiger charge is -2.02. The third-order valence-electron chi connectivity index (χ3n) is 2.47. The largest absolute Gasteiger partial charge is 0.320 e. The zero-order valence-corrected chi connectivity index (χ0v) is 9.34. The minimum atomic E-state index is 1.15. The lowest BCUT2D eigenvalue weighted by Crippen LogP contribution is -2.07. The summed E-state index contributed by atoms with van der Waals surface area (Å²) in [5.74, 6) is 0. The Morgan fingerprint density at radius 1 is 1.14 bits per heavy atom. The fourth-order valence-corrected chi connectivity index (χ4v) is 1.68. The fourth-order valence-electron chi connectivity index (χ4n) is 1.68. The van der Waals surface area contributed by atoms with Crippen molar-refractivity contribution in [2.75, 3.05) is 13.6 Å². The Bertz CT molecular complexity index is 255. The molecular weight excluding hydrogens is 170 g/mol. The zero-order chi connectivity index (χ0) is 10.2. The van der Waals surface area contributed by atoms with Gasteiger partial charge in [-0.15, -0.1) is 0 Å². The van der Waals surface area contributed by atoms with Gasteiger partial charge < -0.3 is 5.32 Å². The van der Waals surface area contributed by atoms with E-state index in [2.05, 4.69) is 36.5 Å². The van der Waals surface area contributed by atoms with Crippen LogP contribution < -0.4 is 5.32 Å². The normalized spacial score (nSPS) is 10.4. The van der Waals surface area contributed by atoms with Crippen LogP contribution in [0.1, 0.15) is 30.4 Å². The van der Waals surface area contributed by atoms with Crippen molar-refractivity contribution in [2.45, 2.75) is 32.6 Å². The van der Waals surface area contributed by atoms with Crippen molar-refractivity contribution >= 4 is 0 Å². The van der Waals surface area contributed by atoms with Gasteiger partial charge in [-0.05, 0) is 45.3 Å². The van der Waals surface area contributed by atoms with Gasteiger partial charge in [-0.3, -0.25) is 0 Å². The maximum Gasteiger partial charge on any atom is -0.00519 e. The summed E-state index contributed by atoms with van der Waals surface area (Å²) in [4.78, 5) is 0. The monoisotopic (exact) mass is 191 g/mol. The fraction of sp³-hybridized carbons (Fsp3) is 0.538. The van der Waals surface area contributed by atoms with Crippen LogP contribution in [0.3, 0.4) is 0 Å². The molecule has 1 aromatic rings. The Morgan fingerprint density at radius 3 is 2.71 bits per heavy atom. The van der Waals surface area contributed by atoms with Crippen LogP contribution in [0.15, 0.2) is 24.3 Å². The van der Waals surface area contributed by atoms with E-state index in [0.717, 1.165) is 6.54 Å². The summed E-state index contributed by atoms with van der Waals surface area (Å²) in [7, 11) is 2.01. The van der Waals surface area contributed by atoms with E-state index < -0.39 is 0 Å². The molecule has 0 aliphatic rings. The average Bonchev–Trinajstić information content (AvgIpc) is 2.18. The van der Waals surface area contributed by atoms with Crippen molar-refractivity contribution in [1.29, 1.82) is 0 Å². The molecule has 0 bridgehead atoms. The number of nitrogens with one attached hydrogen (secondary N) is 1. The molecule has 0 aromatic heterocycles. The van der Waals surface area contributed by atoms with Gasteiger partial charge in [0.05, 0.1) is 0 Å². The Balaban J connectivity index is 2.18. The molecule has 0 atom stereocenters. The summed E-state index contributed by atoms with van der Waals surface area (Å²) in [5.41, 5.74) is 2.85. The minimum Gasteiger partial charge on any atom is -0.320 e. The summed E-state index contributed by atoms with van der Waals surface area (Å²) >= 11 is 0. The molecule has 0 amide bonds. The van der Waals surface area contributed by atoms with Crippen LogP contribution in [0, 0.1) is 6.92 Å². The molecule has 0 aliphatic heterocycles. The highest BCUT2D eigenvalue weighted by molar-refractivity contribution is 5.22. The summed E-state index contributed by atoms with van der Waals surface area (Å²) in [5, 5.41) is 3.18. The number of hydrogen-bond acceptors (Lipinski definition) is 1. The molecule has 78 valence electrons. The highest BCUT2D eigenvalue weighted by Gasteiger charge is 1.93. The predicted molar refractivity (Wildman–Crippen MR) is 62.7 cm³/mol. The van der Waals surface area contributed by atoms with E-state index in [-0.39, 0.29) is 0 Å². The third kappa shape index (κ3) is 4.43. The van der Waals surface area contributed by atoms with E-state index >= 15 is 0 Å². The topological polar surface area (TPSA) is 12.0 Å². The first-order valence-corrected chi connectivity index (χ1v) is 5.53. The van der Waals surface area contributed by atoms with Gasteiger partial charge in [-0.25, -0.2) is 0 Å². The molecule has 1 nitrogen and oxygen atoms in total. The van der Waals surface area contributed by atoms with Crippen LogP contribution in [-0.2, 0) is 6.42 Å². The Hall–Kier alpha value is -0.820. The minimum absolute atomic E-state index is 1.15. The van der Waals surface area contributed by atoms with Crippen LogP contribution in [0.4, 0.5) is 0 Å². The second-order valence-corrected chi connectivity index (χ2v) is 3.90. The van der Waals surface area contributed by atoms with Crippen molar-refractivity contribution in [3.63, 3.8) is 0 Å². The predicted octanol–water partition coefficient (Wildman–Crippen LogP) is 2.93. The molecule has 0 aliphatic carbocycles. The molecular formula is C13H21N. The number of unbranched alkanes of at least 4 members (excludes halogenated alkanes) is 2. The van der Waals surface area contributed by atoms with E-state index in [1.165, 1.54) is 36.8 Å². The molecule has 0 fully saturated rings. The lowest BCUT2D eigenvalue weighted by molar-refractivity contribution is 0.642. The van der Waals surface area contributed by atoms with Crippen molar-refractivity contribution < 1.29 is 0 Å². The molecule has 14 heavy (non-hydrogen) atoms. The first-order valence-electron chi connectivity index (χ1n) is 5.53. The quantitative estimate of drug-likeness (QED) is 0.682. The zero-order valence-electron chi connectivity index (χ0n) is 9.34. The maximum atomic E-state index is 3.18. The van der Waals surface area contributed by atoms with Gasteiger partial charge in [-0.2, -0.15) is 0 Å². The van der Waals surface area contributed by atoms with Gasteiger partial charge in [0, 0.05) is 0 Å². The first kappa shape index (κ1) is 11.3. The number of benzene rings is 1. The Kier molecular flexibility index (Phi) is 5.31.